The molecule has 1 N–H and O–H groups in total. The predicted octanol–water partition coefficient (Wildman–Crippen LogP) is 4.31. The third-order valence-corrected chi connectivity index (χ3v) is 5.56. The highest BCUT2D eigenvalue weighted by atomic mass is 35.5. The summed E-state index contributed by atoms with van der Waals surface area (Å²) in [5, 5.41) is 3.88. The number of aromatic nitrogens is 1. The molecule has 1 aromatic carbocycles. The summed E-state index contributed by atoms with van der Waals surface area (Å²) in [5.41, 5.74) is 2.10. The van der Waals surface area contributed by atoms with E-state index in [0.29, 0.717) is 5.02 Å². The van der Waals surface area contributed by atoms with Gasteiger partial charge in [-0.25, -0.2) is 0 Å². The summed E-state index contributed by atoms with van der Waals surface area (Å²) in [4.78, 5) is 4.56. The van der Waals surface area contributed by atoms with Gasteiger partial charge in [-0.15, -0.1) is 11.8 Å². The van der Waals surface area contributed by atoms with E-state index in [1.165, 1.54) is 17.8 Å². The minimum absolute atomic E-state index is 0.202. The van der Waals surface area contributed by atoms with Crippen LogP contribution in [0.15, 0.2) is 41.4 Å². The van der Waals surface area contributed by atoms with Gasteiger partial charge in [0.1, 0.15) is 5.69 Å². The van der Waals surface area contributed by atoms with E-state index < -0.39 is 5.92 Å². The Kier molecular flexibility index (Phi) is 5.19. The second-order valence-electron chi connectivity index (χ2n) is 5.47. The third kappa shape index (κ3) is 3.84. The van der Waals surface area contributed by atoms with Crippen molar-refractivity contribution in [3.8, 4) is 0 Å². The number of fused-ring (bicyclic) bond motifs is 1. The Balaban J connectivity index is 1.83. The molecular formula is C17H17ClF2N2S. The molecule has 1 aliphatic rings. The molecule has 0 amide bonds. The fraction of sp³-hybridized carbons (Fsp3) is 0.353. The van der Waals surface area contributed by atoms with Crippen molar-refractivity contribution >= 4 is 23.4 Å². The Morgan fingerprint density at radius 3 is 2.78 bits per heavy atom. The number of pyridine rings is 1. The van der Waals surface area contributed by atoms with Crippen molar-refractivity contribution in [2.45, 2.75) is 23.7 Å². The van der Waals surface area contributed by atoms with E-state index in [1.807, 2.05) is 12.1 Å². The first kappa shape index (κ1) is 16.7. The smallest absolute Gasteiger partial charge is 0.298 e. The van der Waals surface area contributed by atoms with Crippen molar-refractivity contribution in [2.24, 2.45) is 0 Å². The quantitative estimate of drug-likeness (QED) is 0.828. The number of halogens is 3. The van der Waals surface area contributed by atoms with E-state index in [0.717, 1.165) is 48.2 Å². The van der Waals surface area contributed by atoms with Gasteiger partial charge in [0, 0.05) is 11.1 Å². The van der Waals surface area contributed by atoms with Crippen LogP contribution in [0.1, 0.15) is 16.8 Å². The first-order chi connectivity index (χ1) is 11.1. The molecule has 2 heterocycles. The summed E-state index contributed by atoms with van der Waals surface area (Å²) in [5.74, 6) is -3.35. The van der Waals surface area contributed by atoms with Crippen molar-refractivity contribution in [3.05, 3.63) is 58.4 Å². The molecule has 0 spiro atoms. The molecule has 2 aromatic rings. The summed E-state index contributed by atoms with van der Waals surface area (Å²) >= 11 is 7.41. The second-order valence-corrected chi connectivity index (χ2v) is 6.87. The van der Waals surface area contributed by atoms with Crippen LogP contribution in [0.25, 0.3) is 0 Å². The molecule has 0 saturated carbocycles. The Bertz CT molecular complexity index is 680. The maximum absolute atomic E-state index is 14.3. The van der Waals surface area contributed by atoms with Gasteiger partial charge in [-0.05, 0) is 55.3 Å². The van der Waals surface area contributed by atoms with E-state index in [9.17, 15) is 8.78 Å². The van der Waals surface area contributed by atoms with Gasteiger partial charge in [-0.1, -0.05) is 23.7 Å². The van der Waals surface area contributed by atoms with Crippen molar-refractivity contribution < 1.29 is 8.78 Å². The SMILES string of the molecule is FC(F)(CSc1c(Cl)ccc2c1CCNCC2)c1ccccn1. The molecule has 0 bridgehead atoms. The van der Waals surface area contributed by atoms with E-state index in [2.05, 4.69) is 10.3 Å². The molecule has 0 aliphatic carbocycles. The van der Waals surface area contributed by atoms with Crippen LogP contribution >= 0.6 is 23.4 Å². The molecule has 122 valence electrons. The third-order valence-electron chi connectivity index (χ3n) is 3.87. The van der Waals surface area contributed by atoms with Gasteiger partial charge in [-0.2, -0.15) is 8.78 Å². The van der Waals surface area contributed by atoms with Crippen LogP contribution < -0.4 is 5.32 Å². The fourth-order valence-electron chi connectivity index (χ4n) is 2.68. The van der Waals surface area contributed by atoms with Gasteiger partial charge in [-0.3, -0.25) is 4.98 Å². The number of hydrogen-bond acceptors (Lipinski definition) is 3. The van der Waals surface area contributed by atoms with Crippen LogP contribution in [0.4, 0.5) is 8.78 Å². The number of nitrogens with zero attached hydrogens (tertiary/aromatic N) is 1. The number of thioether (sulfide) groups is 1. The van der Waals surface area contributed by atoms with Crippen molar-refractivity contribution in [1.82, 2.24) is 10.3 Å². The highest BCUT2D eigenvalue weighted by Crippen LogP contribution is 2.39. The van der Waals surface area contributed by atoms with E-state index in [1.54, 1.807) is 12.1 Å². The first-order valence-corrected chi connectivity index (χ1v) is 8.87. The van der Waals surface area contributed by atoms with E-state index >= 15 is 0 Å². The van der Waals surface area contributed by atoms with Gasteiger partial charge in [0.05, 0.1) is 10.8 Å². The lowest BCUT2D eigenvalue weighted by molar-refractivity contribution is 0.0184. The zero-order chi connectivity index (χ0) is 16.3. The molecule has 23 heavy (non-hydrogen) atoms. The maximum Gasteiger partial charge on any atom is 0.298 e. The van der Waals surface area contributed by atoms with E-state index in [-0.39, 0.29) is 11.4 Å². The van der Waals surface area contributed by atoms with Crippen molar-refractivity contribution in [1.29, 1.82) is 0 Å². The second kappa shape index (κ2) is 7.16. The zero-order valence-electron chi connectivity index (χ0n) is 12.5. The Morgan fingerprint density at radius 2 is 2.00 bits per heavy atom. The van der Waals surface area contributed by atoms with Gasteiger partial charge < -0.3 is 5.32 Å². The lowest BCUT2D eigenvalue weighted by atomic mass is 10.0. The predicted molar refractivity (Wildman–Crippen MR) is 90.6 cm³/mol. The molecule has 0 atom stereocenters. The molecular weight excluding hydrogens is 338 g/mol. The molecule has 1 aliphatic heterocycles. The fourth-order valence-corrected chi connectivity index (χ4v) is 4.11. The summed E-state index contributed by atoms with van der Waals surface area (Å²) in [7, 11) is 0. The molecule has 6 heteroatoms. The lowest BCUT2D eigenvalue weighted by Crippen LogP contribution is -2.18. The maximum atomic E-state index is 14.3. The van der Waals surface area contributed by atoms with Crippen LogP contribution in [-0.2, 0) is 18.8 Å². The minimum Gasteiger partial charge on any atom is -0.316 e. The highest BCUT2D eigenvalue weighted by molar-refractivity contribution is 7.99. The zero-order valence-corrected chi connectivity index (χ0v) is 14.1. The number of nitrogens with one attached hydrogen (secondary N) is 1. The molecule has 1 aromatic heterocycles. The first-order valence-electron chi connectivity index (χ1n) is 7.51. The normalized spacial score (nSPS) is 15.1. The minimum atomic E-state index is -2.99. The summed E-state index contributed by atoms with van der Waals surface area (Å²) in [6.07, 6.45) is 3.10. The van der Waals surface area contributed by atoms with E-state index in [4.69, 9.17) is 11.6 Å². The number of alkyl halides is 2. The van der Waals surface area contributed by atoms with Crippen LogP contribution in [0.3, 0.4) is 0 Å². The number of rotatable bonds is 4. The van der Waals surface area contributed by atoms with Crippen molar-refractivity contribution in [2.75, 3.05) is 18.8 Å². The van der Waals surface area contributed by atoms with Gasteiger partial charge in [0.25, 0.3) is 5.92 Å². The van der Waals surface area contributed by atoms with Crippen LogP contribution in [0, 0.1) is 0 Å². The van der Waals surface area contributed by atoms with Crippen LogP contribution in [0.5, 0.6) is 0 Å². The van der Waals surface area contributed by atoms with Gasteiger partial charge in [0.2, 0.25) is 0 Å². The molecule has 0 saturated heterocycles. The van der Waals surface area contributed by atoms with Crippen LogP contribution in [-0.4, -0.2) is 23.8 Å². The largest absolute Gasteiger partial charge is 0.316 e. The van der Waals surface area contributed by atoms with Crippen molar-refractivity contribution in [3.63, 3.8) is 0 Å². The highest BCUT2D eigenvalue weighted by Gasteiger charge is 2.33. The number of benzene rings is 1. The Morgan fingerprint density at radius 1 is 1.17 bits per heavy atom. The monoisotopic (exact) mass is 354 g/mol. The summed E-state index contributed by atoms with van der Waals surface area (Å²) in [6.45, 7) is 1.75. The van der Waals surface area contributed by atoms with Gasteiger partial charge in [0.15, 0.2) is 0 Å². The molecule has 2 nitrogen and oxygen atoms in total. The molecule has 0 unspecified atom stereocenters. The average Bonchev–Trinajstić information content (AvgIpc) is 2.80. The summed E-state index contributed by atoms with van der Waals surface area (Å²) in [6, 6.07) is 8.39. The molecule has 3 rings (SSSR count). The Labute approximate surface area is 143 Å². The van der Waals surface area contributed by atoms with Gasteiger partial charge >= 0.3 is 0 Å². The van der Waals surface area contributed by atoms with Crippen LogP contribution in [0.2, 0.25) is 5.02 Å². The molecule has 0 radical (unpaired) electrons. The topological polar surface area (TPSA) is 24.9 Å². The summed E-state index contributed by atoms with van der Waals surface area (Å²) < 4.78 is 28.7. The number of hydrogen-bond donors (Lipinski definition) is 1. The average molecular weight is 355 g/mol. The molecule has 0 fully saturated rings. The Hall–Kier alpha value is -1.17. The standard InChI is InChI=1S/C17H17ClF2N2S/c18-14-5-4-12-6-9-21-10-7-13(12)16(14)23-11-17(19,20)15-3-1-2-8-22-15/h1-5,8,21H,6-7,9-11H2. The lowest BCUT2D eigenvalue weighted by Gasteiger charge is -2.18.